The molecule has 0 spiro atoms. The van der Waals surface area contributed by atoms with Crippen molar-refractivity contribution in [3.05, 3.63) is 0 Å². The summed E-state index contributed by atoms with van der Waals surface area (Å²) in [5.41, 5.74) is 0. The number of nitrogens with zero attached hydrogens (tertiary/aromatic N) is 2. The minimum Gasteiger partial charge on any atom is -0.396 e. The molecule has 1 N–H and O–H groups in total. The fraction of sp³-hybridized carbons (Fsp3) is 1.00. The summed E-state index contributed by atoms with van der Waals surface area (Å²) < 4.78 is 0. The van der Waals surface area contributed by atoms with Crippen LogP contribution in [0.2, 0.25) is 0 Å². The van der Waals surface area contributed by atoms with Gasteiger partial charge in [0.1, 0.15) is 0 Å². The lowest BCUT2D eigenvalue weighted by molar-refractivity contribution is 0.135. The first-order chi connectivity index (χ1) is 5.38. The van der Waals surface area contributed by atoms with Gasteiger partial charge < -0.3 is 5.11 Å². The lowest BCUT2D eigenvalue weighted by Crippen LogP contribution is -2.48. The molecule has 11 heavy (non-hydrogen) atoms. The average Bonchev–Trinajstić information content (AvgIpc) is 2.06. The third-order valence-corrected chi connectivity index (χ3v) is 2.27. The molecule has 1 saturated heterocycles. The maximum Gasteiger partial charge on any atom is 0.0446 e. The average molecular weight is 157 g/mol. The number of aliphatic hydroxyl groups excluding tert-OH is 1. The Bertz CT molecular complexity index is 106. The molecule has 3 nitrogen and oxygen atoms in total. The minimum absolute atomic E-state index is 0.288. The molecule has 0 aromatic heterocycles. The number of hydrogen-bond donors (Lipinski definition) is 1. The van der Waals surface area contributed by atoms with Gasteiger partial charge in [-0.15, -0.1) is 0 Å². The van der Waals surface area contributed by atoms with Gasteiger partial charge in [0, 0.05) is 32.3 Å². The molecule has 0 aromatic rings. The first-order valence-electron chi connectivity index (χ1n) is 4.36. The second kappa shape index (κ2) is 4.70. The SMILES string of the molecule is CCN1CC[N]CC1CCO. The summed E-state index contributed by atoms with van der Waals surface area (Å²) in [4.78, 5) is 2.39. The number of rotatable bonds is 3. The Balaban J connectivity index is 2.31. The van der Waals surface area contributed by atoms with E-state index in [1.165, 1.54) is 0 Å². The predicted molar refractivity (Wildman–Crippen MR) is 44.6 cm³/mol. The molecular weight excluding hydrogens is 140 g/mol. The maximum atomic E-state index is 8.76. The first kappa shape index (κ1) is 8.97. The van der Waals surface area contributed by atoms with E-state index in [4.69, 9.17) is 5.11 Å². The second-order valence-electron chi connectivity index (χ2n) is 2.92. The van der Waals surface area contributed by atoms with Crippen molar-refractivity contribution in [1.82, 2.24) is 10.2 Å². The molecular formula is C8H17N2O. The summed E-state index contributed by atoms with van der Waals surface area (Å²) in [6.07, 6.45) is 0.872. The van der Waals surface area contributed by atoms with Crippen LogP contribution in [0.3, 0.4) is 0 Å². The van der Waals surface area contributed by atoms with Crippen molar-refractivity contribution in [1.29, 1.82) is 0 Å². The summed E-state index contributed by atoms with van der Waals surface area (Å²) >= 11 is 0. The second-order valence-corrected chi connectivity index (χ2v) is 2.92. The third kappa shape index (κ3) is 2.43. The van der Waals surface area contributed by atoms with E-state index in [0.717, 1.165) is 32.6 Å². The fourth-order valence-electron chi connectivity index (χ4n) is 1.58. The van der Waals surface area contributed by atoms with E-state index in [9.17, 15) is 0 Å². The highest BCUT2D eigenvalue weighted by Gasteiger charge is 2.19. The normalized spacial score (nSPS) is 27.3. The highest BCUT2D eigenvalue weighted by atomic mass is 16.3. The van der Waals surface area contributed by atoms with Gasteiger partial charge in [0.05, 0.1) is 0 Å². The molecule has 0 bridgehead atoms. The van der Waals surface area contributed by atoms with Gasteiger partial charge in [-0.2, -0.15) is 0 Å². The van der Waals surface area contributed by atoms with Crippen LogP contribution in [0.5, 0.6) is 0 Å². The number of piperazine rings is 1. The summed E-state index contributed by atoms with van der Waals surface area (Å²) in [5.74, 6) is 0. The van der Waals surface area contributed by atoms with Crippen LogP contribution in [0.4, 0.5) is 0 Å². The maximum absolute atomic E-state index is 8.76. The summed E-state index contributed by atoms with van der Waals surface area (Å²) in [6.45, 7) is 6.48. The van der Waals surface area contributed by atoms with Crippen LogP contribution >= 0.6 is 0 Å². The van der Waals surface area contributed by atoms with Crippen LogP contribution in [0.1, 0.15) is 13.3 Å². The summed E-state index contributed by atoms with van der Waals surface area (Å²) in [5, 5.41) is 13.1. The van der Waals surface area contributed by atoms with Crippen molar-refractivity contribution < 1.29 is 5.11 Å². The van der Waals surface area contributed by atoms with E-state index >= 15 is 0 Å². The van der Waals surface area contributed by atoms with Crippen molar-refractivity contribution in [3.63, 3.8) is 0 Å². The first-order valence-corrected chi connectivity index (χ1v) is 4.36. The van der Waals surface area contributed by atoms with Crippen LogP contribution < -0.4 is 5.32 Å². The zero-order valence-electron chi connectivity index (χ0n) is 7.16. The molecule has 1 heterocycles. The highest BCUT2D eigenvalue weighted by Crippen LogP contribution is 2.06. The number of aliphatic hydroxyl groups is 1. The lowest BCUT2D eigenvalue weighted by atomic mass is 10.1. The van der Waals surface area contributed by atoms with E-state index < -0.39 is 0 Å². The Kier molecular flexibility index (Phi) is 3.83. The smallest absolute Gasteiger partial charge is 0.0446 e. The van der Waals surface area contributed by atoms with E-state index in [0.29, 0.717) is 6.04 Å². The van der Waals surface area contributed by atoms with Gasteiger partial charge in [0.2, 0.25) is 0 Å². The molecule has 3 heteroatoms. The molecule has 1 aliphatic heterocycles. The zero-order chi connectivity index (χ0) is 8.10. The molecule has 1 atom stereocenters. The van der Waals surface area contributed by atoms with Crippen molar-refractivity contribution in [2.75, 3.05) is 32.8 Å². The van der Waals surface area contributed by atoms with Gasteiger partial charge in [-0.3, -0.25) is 4.90 Å². The summed E-state index contributed by atoms with van der Waals surface area (Å²) in [7, 11) is 0. The van der Waals surface area contributed by atoms with E-state index in [-0.39, 0.29) is 6.61 Å². The minimum atomic E-state index is 0.288. The Labute approximate surface area is 68.4 Å². The molecule has 0 aromatic carbocycles. The molecule has 1 rings (SSSR count). The van der Waals surface area contributed by atoms with Crippen molar-refractivity contribution in [2.24, 2.45) is 0 Å². The molecule has 0 aliphatic carbocycles. The lowest BCUT2D eigenvalue weighted by Gasteiger charge is -2.34. The van der Waals surface area contributed by atoms with Crippen molar-refractivity contribution in [2.45, 2.75) is 19.4 Å². The van der Waals surface area contributed by atoms with E-state index in [1.54, 1.807) is 0 Å². The quantitative estimate of drug-likeness (QED) is 0.609. The molecule has 1 aliphatic rings. The van der Waals surface area contributed by atoms with Crippen molar-refractivity contribution in [3.8, 4) is 0 Å². The molecule has 1 unspecified atom stereocenters. The zero-order valence-corrected chi connectivity index (χ0v) is 7.16. The Morgan fingerprint density at radius 2 is 2.45 bits per heavy atom. The molecule has 65 valence electrons. The monoisotopic (exact) mass is 157 g/mol. The Morgan fingerprint density at radius 1 is 1.64 bits per heavy atom. The van der Waals surface area contributed by atoms with Crippen LogP contribution in [-0.4, -0.2) is 48.8 Å². The standard InChI is InChI=1S/C8H17N2O/c1-2-10-5-4-9-7-8(10)3-6-11/h8,11H,2-7H2,1H3. The van der Waals surface area contributed by atoms with Gasteiger partial charge in [-0.05, 0) is 13.0 Å². The highest BCUT2D eigenvalue weighted by molar-refractivity contribution is 4.77. The van der Waals surface area contributed by atoms with Gasteiger partial charge in [-0.25, -0.2) is 5.32 Å². The van der Waals surface area contributed by atoms with Gasteiger partial charge in [0.25, 0.3) is 0 Å². The van der Waals surface area contributed by atoms with E-state index in [1.807, 2.05) is 0 Å². The number of hydrogen-bond acceptors (Lipinski definition) is 2. The Hall–Kier alpha value is -0.120. The van der Waals surface area contributed by atoms with Crippen LogP contribution in [0.25, 0.3) is 0 Å². The van der Waals surface area contributed by atoms with E-state index in [2.05, 4.69) is 17.1 Å². The van der Waals surface area contributed by atoms with Crippen LogP contribution in [0, 0.1) is 0 Å². The van der Waals surface area contributed by atoms with Gasteiger partial charge >= 0.3 is 0 Å². The largest absolute Gasteiger partial charge is 0.396 e. The van der Waals surface area contributed by atoms with Crippen LogP contribution in [-0.2, 0) is 0 Å². The molecule has 0 saturated carbocycles. The number of likely N-dealkylation sites (N-methyl/N-ethyl adjacent to an activating group) is 1. The fourth-order valence-corrected chi connectivity index (χ4v) is 1.58. The van der Waals surface area contributed by atoms with Gasteiger partial charge in [0.15, 0.2) is 0 Å². The molecule has 0 amide bonds. The Morgan fingerprint density at radius 3 is 3.09 bits per heavy atom. The van der Waals surface area contributed by atoms with Crippen molar-refractivity contribution >= 4 is 0 Å². The predicted octanol–water partition coefficient (Wildman–Crippen LogP) is -0.323. The third-order valence-electron chi connectivity index (χ3n) is 2.27. The van der Waals surface area contributed by atoms with Gasteiger partial charge in [-0.1, -0.05) is 6.92 Å². The topological polar surface area (TPSA) is 37.6 Å². The summed E-state index contributed by atoms with van der Waals surface area (Å²) in [6, 6.07) is 0.499. The molecule has 1 fully saturated rings. The van der Waals surface area contributed by atoms with Crippen LogP contribution in [0.15, 0.2) is 0 Å². The molecule has 1 radical (unpaired) electrons.